The average Bonchev–Trinajstić information content (AvgIpc) is 3.42. The maximum Gasteiger partial charge on any atom is 0.321 e. The first-order valence-corrected chi connectivity index (χ1v) is 11.6. The lowest BCUT2D eigenvalue weighted by molar-refractivity contribution is -0.108. The summed E-state index contributed by atoms with van der Waals surface area (Å²) in [6.45, 7) is 0.679. The Kier molecular flexibility index (Phi) is 6.16. The maximum atomic E-state index is 13.1. The van der Waals surface area contributed by atoms with Crippen LogP contribution in [0.1, 0.15) is 27.5 Å². The van der Waals surface area contributed by atoms with Crippen molar-refractivity contribution < 1.29 is 19.1 Å². The van der Waals surface area contributed by atoms with Crippen LogP contribution in [0.3, 0.4) is 0 Å². The number of nitrogens with one attached hydrogen (secondary N) is 2. The Morgan fingerprint density at radius 3 is 2.58 bits per heavy atom. The summed E-state index contributed by atoms with van der Waals surface area (Å²) in [5, 5.41) is 6.09. The lowest BCUT2D eigenvalue weighted by atomic mass is 9.99. The third-order valence-corrected chi connectivity index (χ3v) is 6.63. The Bertz CT molecular complexity index is 1460. The van der Waals surface area contributed by atoms with Crippen molar-refractivity contribution >= 4 is 29.3 Å². The van der Waals surface area contributed by atoms with Gasteiger partial charge in [-0.25, -0.2) is 4.79 Å². The highest BCUT2D eigenvalue weighted by molar-refractivity contribution is 5.98. The van der Waals surface area contributed by atoms with Crippen LogP contribution in [-0.2, 0) is 18.4 Å². The van der Waals surface area contributed by atoms with E-state index in [-0.39, 0.29) is 12.5 Å². The van der Waals surface area contributed by atoms with E-state index in [1.165, 1.54) is 0 Å². The van der Waals surface area contributed by atoms with Gasteiger partial charge in [0.2, 0.25) is 6.41 Å². The molecule has 0 radical (unpaired) electrons. The van der Waals surface area contributed by atoms with Crippen LogP contribution in [0.5, 0.6) is 5.75 Å². The molecule has 1 aromatic heterocycles. The largest absolute Gasteiger partial charge is 0.497 e. The van der Waals surface area contributed by atoms with Crippen LogP contribution in [0.25, 0.3) is 22.0 Å². The van der Waals surface area contributed by atoms with Crippen LogP contribution in [-0.4, -0.2) is 41.5 Å². The zero-order valence-electron chi connectivity index (χ0n) is 20.0. The Labute approximate surface area is 208 Å². The highest BCUT2D eigenvalue weighted by atomic mass is 16.5. The molecule has 0 saturated carbocycles. The summed E-state index contributed by atoms with van der Waals surface area (Å²) in [4.78, 5) is 37.8. The summed E-state index contributed by atoms with van der Waals surface area (Å²) in [6, 6.07) is 20.6. The smallest absolute Gasteiger partial charge is 0.321 e. The lowest BCUT2D eigenvalue weighted by Crippen LogP contribution is -2.42. The van der Waals surface area contributed by atoms with Crippen LogP contribution in [0, 0.1) is 0 Å². The summed E-state index contributed by atoms with van der Waals surface area (Å²) < 4.78 is 7.34. The number of methoxy groups -OCH3 is 1. The number of aryl methyl sites for hydroxylation is 1. The molecule has 1 aliphatic heterocycles. The highest BCUT2D eigenvalue weighted by Gasteiger charge is 2.30. The van der Waals surface area contributed by atoms with Crippen molar-refractivity contribution in [2.24, 2.45) is 7.05 Å². The second-order valence-electron chi connectivity index (χ2n) is 8.82. The third-order valence-electron chi connectivity index (χ3n) is 6.63. The Hall–Kier alpha value is -4.59. The van der Waals surface area contributed by atoms with Gasteiger partial charge in [0.15, 0.2) is 0 Å². The minimum Gasteiger partial charge on any atom is -0.497 e. The standard InChI is InChI=1S/C28H26N4O4/c1-31-12-11-21-13-20(8-10-26(21)31)18-3-5-19(6-4-18)25(30-28(35)29-17-33)16-32-15-22-7-9-23(36-2)14-24(22)27(32)34/h3-14,17,25H,15-16H2,1-2H3,(H2,29,30,33,35)/t25-/m0/s1. The van der Waals surface area contributed by atoms with E-state index in [9.17, 15) is 14.4 Å². The van der Waals surface area contributed by atoms with Crippen LogP contribution in [0.2, 0.25) is 0 Å². The summed E-state index contributed by atoms with van der Waals surface area (Å²) in [5.41, 5.74) is 5.61. The van der Waals surface area contributed by atoms with Gasteiger partial charge in [0.1, 0.15) is 5.75 Å². The molecule has 3 aromatic carbocycles. The molecular weight excluding hydrogens is 456 g/mol. The molecule has 1 atom stereocenters. The molecule has 0 unspecified atom stereocenters. The topological polar surface area (TPSA) is 92.7 Å². The summed E-state index contributed by atoms with van der Waals surface area (Å²) >= 11 is 0. The van der Waals surface area contributed by atoms with Crippen LogP contribution >= 0.6 is 0 Å². The molecule has 4 aromatic rings. The number of urea groups is 1. The number of imide groups is 1. The minimum atomic E-state index is -0.626. The van der Waals surface area contributed by atoms with Gasteiger partial charge in [0, 0.05) is 42.8 Å². The molecule has 36 heavy (non-hydrogen) atoms. The van der Waals surface area contributed by atoms with E-state index in [0.717, 1.165) is 33.2 Å². The van der Waals surface area contributed by atoms with Gasteiger partial charge < -0.3 is 19.5 Å². The number of hydrogen-bond donors (Lipinski definition) is 2. The molecule has 8 nitrogen and oxygen atoms in total. The monoisotopic (exact) mass is 482 g/mol. The number of carbonyl (C=O) groups is 3. The van der Waals surface area contributed by atoms with Gasteiger partial charge in [-0.2, -0.15) is 0 Å². The van der Waals surface area contributed by atoms with Crippen molar-refractivity contribution in [1.82, 2.24) is 20.1 Å². The van der Waals surface area contributed by atoms with E-state index in [4.69, 9.17) is 4.74 Å². The molecule has 2 N–H and O–H groups in total. The summed E-state index contributed by atoms with van der Waals surface area (Å²) in [5.74, 6) is 0.493. The van der Waals surface area contributed by atoms with Crippen LogP contribution < -0.4 is 15.4 Å². The number of benzene rings is 3. The van der Waals surface area contributed by atoms with E-state index >= 15 is 0 Å². The second kappa shape index (κ2) is 9.58. The molecule has 0 bridgehead atoms. The van der Waals surface area contributed by atoms with Crippen molar-refractivity contribution in [3.8, 4) is 16.9 Å². The number of hydrogen-bond acceptors (Lipinski definition) is 4. The molecule has 0 aliphatic carbocycles. The van der Waals surface area contributed by atoms with Gasteiger partial charge >= 0.3 is 6.03 Å². The first kappa shape index (κ1) is 23.2. The molecule has 1 aliphatic rings. The van der Waals surface area contributed by atoms with E-state index < -0.39 is 12.1 Å². The van der Waals surface area contributed by atoms with Gasteiger partial charge in [-0.3, -0.25) is 14.9 Å². The van der Waals surface area contributed by atoms with Gasteiger partial charge in [-0.1, -0.05) is 36.4 Å². The van der Waals surface area contributed by atoms with E-state index in [1.54, 1.807) is 18.1 Å². The SMILES string of the molecule is COc1ccc2c(c1)C(=O)N(C[C@H](NC(=O)NC=O)c1ccc(-c3ccc4c(ccn4C)c3)cc1)C2. The lowest BCUT2D eigenvalue weighted by Gasteiger charge is -2.25. The number of ether oxygens (including phenoxy) is 1. The van der Waals surface area contributed by atoms with Gasteiger partial charge in [0.25, 0.3) is 5.91 Å². The Morgan fingerprint density at radius 1 is 1.06 bits per heavy atom. The number of rotatable bonds is 7. The number of aromatic nitrogens is 1. The zero-order chi connectivity index (χ0) is 25.2. The maximum absolute atomic E-state index is 13.1. The van der Waals surface area contributed by atoms with Crippen molar-refractivity contribution in [2.75, 3.05) is 13.7 Å². The fraction of sp³-hybridized carbons (Fsp3) is 0.179. The summed E-state index contributed by atoms with van der Waals surface area (Å²) in [7, 11) is 3.58. The molecule has 2 heterocycles. The molecule has 5 rings (SSSR count). The number of carbonyl (C=O) groups excluding carboxylic acids is 3. The van der Waals surface area contributed by atoms with Crippen molar-refractivity contribution in [2.45, 2.75) is 12.6 Å². The fourth-order valence-corrected chi connectivity index (χ4v) is 4.69. The zero-order valence-corrected chi connectivity index (χ0v) is 20.0. The Morgan fingerprint density at radius 2 is 1.83 bits per heavy atom. The van der Waals surface area contributed by atoms with Crippen LogP contribution in [0.15, 0.2) is 72.9 Å². The molecule has 0 spiro atoms. The number of amides is 4. The summed E-state index contributed by atoms with van der Waals surface area (Å²) in [6.07, 6.45) is 2.37. The minimum absolute atomic E-state index is 0.126. The van der Waals surface area contributed by atoms with Crippen molar-refractivity contribution in [1.29, 1.82) is 0 Å². The first-order valence-electron chi connectivity index (χ1n) is 11.6. The second-order valence-corrected chi connectivity index (χ2v) is 8.82. The molecule has 4 amide bonds. The van der Waals surface area contributed by atoms with Crippen molar-refractivity contribution in [3.63, 3.8) is 0 Å². The van der Waals surface area contributed by atoms with Gasteiger partial charge in [-0.05, 0) is 52.6 Å². The first-order chi connectivity index (χ1) is 17.5. The molecule has 8 heteroatoms. The van der Waals surface area contributed by atoms with Crippen molar-refractivity contribution in [3.05, 3.63) is 89.6 Å². The predicted octanol–water partition coefficient (Wildman–Crippen LogP) is 4.01. The van der Waals surface area contributed by atoms with Gasteiger partial charge in [0.05, 0.1) is 13.2 Å². The molecule has 182 valence electrons. The number of fused-ring (bicyclic) bond motifs is 2. The van der Waals surface area contributed by atoms with Gasteiger partial charge in [-0.15, -0.1) is 0 Å². The quantitative estimate of drug-likeness (QED) is 0.390. The highest BCUT2D eigenvalue weighted by Crippen LogP contribution is 2.30. The fourth-order valence-electron chi connectivity index (χ4n) is 4.69. The number of nitrogens with zero attached hydrogens (tertiary/aromatic N) is 2. The Balaban J connectivity index is 1.39. The predicted molar refractivity (Wildman–Crippen MR) is 137 cm³/mol. The molecular formula is C28H26N4O4. The third kappa shape index (κ3) is 4.40. The molecule has 0 fully saturated rings. The normalized spacial score (nSPS) is 13.4. The molecule has 0 saturated heterocycles. The van der Waals surface area contributed by atoms with E-state index in [0.29, 0.717) is 24.3 Å². The van der Waals surface area contributed by atoms with Crippen LogP contribution in [0.4, 0.5) is 4.79 Å². The van der Waals surface area contributed by atoms with E-state index in [2.05, 4.69) is 39.5 Å². The van der Waals surface area contributed by atoms with E-state index in [1.807, 2.05) is 49.6 Å². The average molecular weight is 483 g/mol.